The number of benzene rings is 4. The van der Waals surface area contributed by atoms with Crippen molar-refractivity contribution >= 4 is 78.3 Å². The molecule has 0 fully saturated rings. The fourth-order valence-electron chi connectivity index (χ4n) is 6.18. The highest BCUT2D eigenvalue weighted by atomic mass is 79.9. The average molecular weight is 988 g/mol. The van der Waals surface area contributed by atoms with Crippen molar-refractivity contribution in [2.75, 3.05) is 0 Å². The van der Waals surface area contributed by atoms with Gasteiger partial charge in [0.25, 0.3) is 5.91 Å². The molecule has 1 amide bonds. The number of rotatable bonds is 5. The van der Waals surface area contributed by atoms with Crippen LogP contribution in [0.3, 0.4) is 0 Å². The molecule has 3 N–H and O–H groups in total. The van der Waals surface area contributed by atoms with Crippen LogP contribution < -0.4 is 5.73 Å². The summed E-state index contributed by atoms with van der Waals surface area (Å²) in [6.07, 6.45) is -0.593. The van der Waals surface area contributed by atoms with Gasteiger partial charge in [0.1, 0.15) is 70.0 Å². The number of carbonyl (C=O) groups is 4. The van der Waals surface area contributed by atoms with Crippen LogP contribution in [-0.4, -0.2) is 75.3 Å². The number of hydrogen-bond acceptors (Lipinski definition) is 12. The number of nitriles is 2. The summed E-state index contributed by atoms with van der Waals surface area (Å²) in [7, 11) is 0. The molecular weight excluding hydrogens is 948 g/mol. The van der Waals surface area contributed by atoms with Crippen LogP contribution in [0.4, 0.5) is 22.4 Å². The lowest BCUT2D eigenvalue weighted by atomic mass is 10.1. The van der Waals surface area contributed by atoms with Crippen LogP contribution in [-0.2, 0) is 38.7 Å². The number of hydrogen-bond donors (Lipinski definition) is 2. The maximum Gasteiger partial charge on any atom is 0.435 e. The summed E-state index contributed by atoms with van der Waals surface area (Å²) in [6.45, 7) is 10.6. The number of halogens is 5. The molecular formula is C45H39BrF4N10O7. The van der Waals surface area contributed by atoms with Gasteiger partial charge in [0.05, 0.1) is 23.1 Å². The van der Waals surface area contributed by atoms with Gasteiger partial charge in [-0.05, 0) is 130 Å². The fraction of sp³-hybridized carbons (Fsp3) is 0.244. The highest BCUT2D eigenvalue weighted by Crippen LogP contribution is 2.26. The number of aliphatic carboxylic acids is 1. The van der Waals surface area contributed by atoms with E-state index in [0.29, 0.717) is 49.7 Å². The van der Waals surface area contributed by atoms with Gasteiger partial charge < -0.3 is 20.3 Å². The molecule has 17 nitrogen and oxygen atoms in total. The quantitative estimate of drug-likeness (QED) is 0.123. The van der Waals surface area contributed by atoms with E-state index in [1.54, 1.807) is 47.6 Å². The molecule has 1 aliphatic rings. The van der Waals surface area contributed by atoms with Gasteiger partial charge in [0.15, 0.2) is 11.4 Å². The van der Waals surface area contributed by atoms with Gasteiger partial charge in [-0.15, -0.1) is 0 Å². The number of amides is 1. The first-order chi connectivity index (χ1) is 31.4. The molecule has 4 aromatic carbocycles. The Morgan fingerprint density at radius 2 is 1.24 bits per heavy atom. The fourth-order valence-corrected chi connectivity index (χ4v) is 6.66. The molecule has 3 aromatic heterocycles. The van der Waals surface area contributed by atoms with Gasteiger partial charge in [-0.3, -0.25) is 28.7 Å². The maximum atomic E-state index is 13.2. The van der Waals surface area contributed by atoms with Gasteiger partial charge in [0, 0.05) is 21.7 Å². The number of carboxylic acids is 1. The summed E-state index contributed by atoms with van der Waals surface area (Å²) < 4.78 is 66.5. The smallest absolute Gasteiger partial charge is 0.435 e. The van der Waals surface area contributed by atoms with Crippen molar-refractivity contribution in [3.05, 3.63) is 123 Å². The predicted molar refractivity (Wildman–Crippen MR) is 237 cm³/mol. The third-order valence-electron chi connectivity index (χ3n) is 8.75. The van der Waals surface area contributed by atoms with Crippen LogP contribution in [0.5, 0.6) is 0 Å². The molecule has 346 valence electrons. The Morgan fingerprint density at radius 3 is 1.79 bits per heavy atom. The van der Waals surface area contributed by atoms with Gasteiger partial charge in [0.2, 0.25) is 0 Å². The van der Waals surface area contributed by atoms with Crippen LogP contribution in [0.2, 0.25) is 0 Å². The van der Waals surface area contributed by atoms with Gasteiger partial charge in [-0.25, -0.2) is 22.4 Å². The Morgan fingerprint density at radius 1 is 0.716 bits per heavy atom. The third kappa shape index (κ3) is 12.9. The minimum absolute atomic E-state index is 0.0862. The zero-order chi connectivity index (χ0) is 49.5. The highest BCUT2D eigenvalue weighted by molar-refractivity contribution is 9.10. The molecule has 0 saturated carbocycles. The van der Waals surface area contributed by atoms with E-state index < -0.39 is 53.3 Å². The Hall–Kier alpha value is -7.98. The molecule has 67 heavy (non-hydrogen) atoms. The Balaban J connectivity index is 0.000000169. The van der Waals surface area contributed by atoms with E-state index in [2.05, 4.69) is 36.2 Å². The molecule has 0 saturated heterocycles. The zero-order valence-corrected chi connectivity index (χ0v) is 38.0. The minimum Gasteiger partial charge on any atom is -0.480 e. The molecule has 4 heterocycles. The van der Waals surface area contributed by atoms with Crippen molar-refractivity contribution in [2.45, 2.75) is 72.4 Å². The van der Waals surface area contributed by atoms with Crippen molar-refractivity contribution in [3.8, 4) is 12.1 Å². The molecule has 0 bridgehead atoms. The molecule has 0 unspecified atom stereocenters. The number of carbonyl (C=O) groups excluding carboxylic acids is 3. The van der Waals surface area contributed by atoms with E-state index in [4.69, 9.17) is 30.8 Å². The second-order valence-electron chi connectivity index (χ2n) is 16.2. The first kappa shape index (κ1) is 50.0. The van der Waals surface area contributed by atoms with Crippen molar-refractivity contribution in [1.82, 2.24) is 29.3 Å². The lowest BCUT2D eigenvalue weighted by molar-refractivity contribution is -0.155. The summed E-state index contributed by atoms with van der Waals surface area (Å²) >= 11 is 3.19. The molecule has 0 atom stereocenters. The summed E-state index contributed by atoms with van der Waals surface area (Å²) in [5.74, 6) is -4.11. The standard InChI is InChI=1S/C14H14FN3O2.C12H12BrFN2O2.C10H8FN3O3.C9H5FN2/c1-14(2,3)20-13(19)8-18-12-5-4-9(15)6-10(12)11(7-16)17-18;1-12(2,3)18-11(17)16-9-5-4-7(14)6-8(9)10(13)15-16;11-5-1-2-7-6(3-5)9(10(12)17)13-14(7)4-8(15)16;10-7-2-1-6-5-12-9(4-11)8(6)3-7/h4-6H,8H2,1-3H3;4-6H,1-3H3;1-3H,4H2,(H2,12,17)(H,15,16);1-3H,5H2. The molecule has 22 heteroatoms. The number of esters is 1. The summed E-state index contributed by atoms with van der Waals surface area (Å²) in [4.78, 5) is 49.4. The topological polar surface area (TPSA) is 246 Å². The number of carboxylic acid groups (broad SMARTS) is 1. The van der Waals surface area contributed by atoms with Crippen LogP contribution in [0.1, 0.15) is 68.9 Å². The molecule has 0 aliphatic carbocycles. The molecule has 0 spiro atoms. The second-order valence-corrected chi connectivity index (χ2v) is 17.0. The first-order valence-electron chi connectivity index (χ1n) is 19.6. The lowest BCUT2D eigenvalue weighted by Gasteiger charge is -2.19. The van der Waals surface area contributed by atoms with E-state index >= 15 is 0 Å². The number of ether oxygens (including phenoxy) is 2. The normalized spacial score (nSPS) is 11.7. The van der Waals surface area contributed by atoms with Crippen LogP contribution in [0, 0.1) is 45.9 Å². The average Bonchev–Trinajstić information content (AvgIpc) is 3.98. The number of primary amides is 1. The molecule has 7 aromatic rings. The summed E-state index contributed by atoms with van der Waals surface area (Å²) in [5.41, 5.74) is 7.10. The Bertz CT molecular complexity index is 3190. The van der Waals surface area contributed by atoms with Gasteiger partial charge in [-0.2, -0.15) is 30.5 Å². The van der Waals surface area contributed by atoms with E-state index in [9.17, 15) is 36.7 Å². The molecule has 8 rings (SSSR count). The lowest BCUT2D eigenvalue weighted by Crippen LogP contribution is -2.27. The van der Waals surface area contributed by atoms with E-state index in [0.717, 1.165) is 27.1 Å². The number of nitrogens with two attached hydrogens (primary N) is 1. The SMILES string of the molecule is CC(C)(C)OC(=O)Cn1nc(C#N)c2cc(F)ccc21.CC(C)(C)OC(=O)n1nc(Br)c2cc(F)ccc21.N#CC1=NCc2ccc(F)cc21.NC(=O)c1nn(CC(=O)O)c2ccc(F)cc12. The van der Waals surface area contributed by atoms with Crippen molar-refractivity contribution in [3.63, 3.8) is 0 Å². The summed E-state index contributed by atoms with van der Waals surface area (Å²) in [6, 6.07) is 19.9. The Kier molecular flexibility index (Phi) is 15.3. The largest absolute Gasteiger partial charge is 0.480 e. The second kappa shape index (κ2) is 20.5. The zero-order valence-electron chi connectivity index (χ0n) is 36.4. The molecule has 0 radical (unpaired) electrons. The monoisotopic (exact) mass is 986 g/mol. The summed E-state index contributed by atoms with van der Waals surface area (Å²) in [5, 5.41) is 39.2. The highest BCUT2D eigenvalue weighted by Gasteiger charge is 2.23. The number of nitrogens with zero attached hydrogens (tertiary/aromatic N) is 9. The van der Waals surface area contributed by atoms with Crippen molar-refractivity contribution < 1.29 is 51.3 Å². The number of aromatic nitrogens is 6. The van der Waals surface area contributed by atoms with Crippen molar-refractivity contribution in [2.24, 2.45) is 10.7 Å². The number of fused-ring (bicyclic) bond motifs is 4. The minimum atomic E-state index is -1.12. The maximum absolute atomic E-state index is 13.2. The third-order valence-corrected chi connectivity index (χ3v) is 9.34. The van der Waals surface area contributed by atoms with Crippen LogP contribution in [0.25, 0.3) is 32.7 Å². The van der Waals surface area contributed by atoms with Gasteiger partial charge >= 0.3 is 18.0 Å². The predicted octanol–water partition coefficient (Wildman–Crippen LogP) is 8.12. The van der Waals surface area contributed by atoms with Gasteiger partial charge in [-0.1, -0.05) is 6.07 Å². The molecule has 1 aliphatic heterocycles. The van der Waals surface area contributed by atoms with Crippen LogP contribution >= 0.6 is 15.9 Å². The van der Waals surface area contributed by atoms with Crippen molar-refractivity contribution in [1.29, 1.82) is 10.5 Å². The first-order valence-corrected chi connectivity index (χ1v) is 20.4. The van der Waals surface area contributed by atoms with E-state index in [1.165, 1.54) is 59.3 Å². The van der Waals surface area contributed by atoms with E-state index in [-0.39, 0.29) is 35.0 Å². The van der Waals surface area contributed by atoms with E-state index in [1.807, 2.05) is 12.1 Å². The Labute approximate surface area is 386 Å². The number of aliphatic imine (C=N–C) groups is 1. The van der Waals surface area contributed by atoms with Crippen LogP contribution in [0.15, 0.2) is 82.4 Å².